The molecule has 0 spiro atoms. The Hall–Kier alpha value is -1.94. The molecule has 0 amide bonds. The number of esters is 4. The molecule has 19 heteroatoms. The summed E-state index contributed by atoms with van der Waals surface area (Å²) in [5.41, 5.74) is 0. The molecule has 3 unspecified atom stereocenters. The molecule has 0 aliphatic rings. The maximum absolute atomic E-state index is 13.1. The molecule has 600 valence electrons. The van der Waals surface area contributed by atoms with Crippen molar-refractivity contribution in [3.05, 3.63) is 0 Å². The third-order valence-electron chi connectivity index (χ3n) is 19.6. The van der Waals surface area contributed by atoms with Gasteiger partial charge in [0.1, 0.15) is 19.3 Å². The molecule has 3 N–H and O–H groups in total. The van der Waals surface area contributed by atoms with Crippen LogP contribution in [-0.4, -0.2) is 96.7 Å². The van der Waals surface area contributed by atoms with Gasteiger partial charge in [-0.15, -0.1) is 0 Å². The first-order valence-corrected chi connectivity index (χ1v) is 45.5. The smallest absolute Gasteiger partial charge is 0.462 e. The third-order valence-corrected chi connectivity index (χ3v) is 21.5. The quantitative estimate of drug-likeness (QED) is 0.0222. The Bertz CT molecular complexity index is 1940. The molecular formula is C82H160O17P2. The van der Waals surface area contributed by atoms with E-state index in [9.17, 15) is 43.2 Å². The van der Waals surface area contributed by atoms with E-state index in [0.717, 1.165) is 102 Å². The highest BCUT2D eigenvalue weighted by molar-refractivity contribution is 7.47. The summed E-state index contributed by atoms with van der Waals surface area (Å²) in [6, 6.07) is 0. The summed E-state index contributed by atoms with van der Waals surface area (Å²) in [6.45, 7) is 9.65. The minimum absolute atomic E-state index is 0.106. The summed E-state index contributed by atoms with van der Waals surface area (Å²) < 4.78 is 68.8. The predicted octanol–water partition coefficient (Wildman–Crippen LogP) is 24.7. The lowest BCUT2D eigenvalue weighted by molar-refractivity contribution is -0.161. The maximum atomic E-state index is 13.1. The van der Waals surface area contributed by atoms with E-state index in [1.165, 1.54) is 250 Å². The summed E-state index contributed by atoms with van der Waals surface area (Å²) in [5.74, 6) is -0.560. The van der Waals surface area contributed by atoms with Gasteiger partial charge in [-0.2, -0.15) is 0 Å². The normalized spacial score (nSPS) is 14.2. The molecule has 0 radical (unpaired) electrons. The molecule has 0 aliphatic carbocycles. The number of rotatable bonds is 81. The van der Waals surface area contributed by atoms with E-state index >= 15 is 0 Å². The Labute approximate surface area is 619 Å². The Balaban J connectivity index is 5.25. The van der Waals surface area contributed by atoms with Gasteiger partial charge in [-0.3, -0.25) is 37.3 Å². The zero-order chi connectivity index (χ0) is 74.2. The first-order chi connectivity index (χ1) is 48.9. The van der Waals surface area contributed by atoms with E-state index in [2.05, 4.69) is 41.5 Å². The Morgan fingerprint density at radius 2 is 0.505 bits per heavy atom. The van der Waals surface area contributed by atoms with Gasteiger partial charge < -0.3 is 33.8 Å². The molecule has 0 aromatic heterocycles. The van der Waals surface area contributed by atoms with E-state index in [1.807, 2.05) is 0 Å². The van der Waals surface area contributed by atoms with Crippen molar-refractivity contribution in [2.45, 2.75) is 452 Å². The van der Waals surface area contributed by atoms with Gasteiger partial charge in [-0.25, -0.2) is 9.13 Å². The number of carbonyl (C=O) groups is 4. The summed E-state index contributed by atoms with van der Waals surface area (Å²) in [5, 5.41) is 10.7. The number of carbonyl (C=O) groups excluding carboxylic acids is 4. The molecular weight excluding hydrogens is 1320 g/mol. The lowest BCUT2D eigenvalue weighted by atomic mass is 9.99. The minimum atomic E-state index is -4.96. The average Bonchev–Trinajstić information content (AvgIpc) is 0.962. The SMILES string of the molecule is CCCCCCCCCCCCCCCCCCCCCCC(=O)O[C@H](COC(=O)CCCCCCCCCCCCCCCCC)COP(=O)(O)OC[C@@H](O)COP(=O)(O)OC[C@@H](COC(=O)CCCCCCCCCCCC(C)C)OC(=O)CCCCCCCCCCCCC(C)CC. The predicted molar refractivity (Wildman–Crippen MR) is 414 cm³/mol. The first-order valence-electron chi connectivity index (χ1n) is 42.5. The highest BCUT2D eigenvalue weighted by Gasteiger charge is 2.30. The fourth-order valence-electron chi connectivity index (χ4n) is 12.7. The molecule has 6 atom stereocenters. The van der Waals surface area contributed by atoms with Crippen LogP contribution in [0.3, 0.4) is 0 Å². The molecule has 0 rings (SSSR count). The standard InChI is InChI=1S/C82H160O17P2/c1-7-10-12-14-16-18-20-22-24-25-26-27-28-30-32-34-41-48-54-60-66-81(86)98-77(70-92-79(84)64-58-52-46-40-33-31-29-23-21-19-17-15-13-11-8-2)72-96-100(88,89)94-68-76(83)69-95-101(90,91)97-73-78(71-93-80(85)65-59-53-47-43-37-38-44-50-56-62-74(4)5)99-82(87)67-61-55-49-42-36-35-39-45-51-57-63-75(6)9-3/h74-78,83H,7-73H2,1-6H3,(H,88,89)(H,90,91)/t75?,76-,77-,78-/m1/s1. The van der Waals surface area contributed by atoms with E-state index in [0.29, 0.717) is 25.7 Å². The van der Waals surface area contributed by atoms with E-state index in [1.54, 1.807) is 0 Å². The second kappa shape index (κ2) is 73.6. The molecule has 0 bridgehead atoms. The molecule has 0 aliphatic heterocycles. The zero-order valence-corrected chi connectivity index (χ0v) is 68.0. The van der Waals surface area contributed by atoms with Crippen LogP contribution in [0.25, 0.3) is 0 Å². The molecule has 0 fully saturated rings. The molecule has 0 heterocycles. The molecule has 0 saturated heterocycles. The molecule has 0 aromatic rings. The van der Waals surface area contributed by atoms with Crippen molar-refractivity contribution in [3.8, 4) is 0 Å². The highest BCUT2D eigenvalue weighted by atomic mass is 31.2. The number of hydrogen-bond donors (Lipinski definition) is 3. The average molecular weight is 1480 g/mol. The highest BCUT2D eigenvalue weighted by Crippen LogP contribution is 2.45. The van der Waals surface area contributed by atoms with Gasteiger partial charge in [0.2, 0.25) is 0 Å². The lowest BCUT2D eigenvalue weighted by Crippen LogP contribution is -2.30. The molecule has 0 aromatic carbocycles. The molecule has 17 nitrogen and oxygen atoms in total. The number of phosphoric ester groups is 2. The second-order valence-corrected chi connectivity index (χ2v) is 33.1. The second-order valence-electron chi connectivity index (χ2n) is 30.2. The van der Waals surface area contributed by atoms with Crippen molar-refractivity contribution in [2.24, 2.45) is 11.8 Å². The van der Waals surface area contributed by atoms with Gasteiger partial charge in [0, 0.05) is 25.7 Å². The largest absolute Gasteiger partial charge is 0.472 e. The summed E-state index contributed by atoms with van der Waals surface area (Å²) in [4.78, 5) is 73.1. The van der Waals surface area contributed by atoms with Crippen molar-refractivity contribution in [1.29, 1.82) is 0 Å². The minimum Gasteiger partial charge on any atom is -0.462 e. The Kier molecular flexibility index (Phi) is 72.2. The van der Waals surface area contributed by atoms with Crippen LogP contribution in [0.5, 0.6) is 0 Å². The fraction of sp³-hybridized carbons (Fsp3) is 0.951. The van der Waals surface area contributed by atoms with Gasteiger partial charge >= 0.3 is 39.5 Å². The van der Waals surface area contributed by atoms with E-state index in [4.69, 9.17) is 37.0 Å². The van der Waals surface area contributed by atoms with Crippen LogP contribution in [-0.2, 0) is 65.4 Å². The van der Waals surface area contributed by atoms with Crippen LogP contribution < -0.4 is 0 Å². The van der Waals surface area contributed by atoms with Gasteiger partial charge in [0.15, 0.2) is 12.2 Å². The number of aliphatic hydroxyl groups excluding tert-OH is 1. The van der Waals surface area contributed by atoms with Crippen LogP contribution in [0.1, 0.15) is 433 Å². The van der Waals surface area contributed by atoms with Crippen LogP contribution in [0.4, 0.5) is 0 Å². The number of hydrogen-bond acceptors (Lipinski definition) is 15. The van der Waals surface area contributed by atoms with Gasteiger partial charge in [-0.1, -0.05) is 382 Å². The van der Waals surface area contributed by atoms with Crippen LogP contribution in [0.2, 0.25) is 0 Å². The number of aliphatic hydroxyl groups is 1. The summed E-state index contributed by atoms with van der Waals surface area (Å²) in [6.07, 6.45) is 63.7. The lowest BCUT2D eigenvalue weighted by Gasteiger charge is -2.21. The summed E-state index contributed by atoms with van der Waals surface area (Å²) >= 11 is 0. The van der Waals surface area contributed by atoms with E-state index < -0.39 is 97.5 Å². The van der Waals surface area contributed by atoms with Crippen LogP contribution >= 0.6 is 15.6 Å². The summed E-state index contributed by atoms with van der Waals surface area (Å²) in [7, 11) is -9.92. The monoisotopic (exact) mass is 1480 g/mol. The van der Waals surface area contributed by atoms with Gasteiger partial charge in [0.05, 0.1) is 26.4 Å². The van der Waals surface area contributed by atoms with Crippen molar-refractivity contribution >= 4 is 39.5 Å². The van der Waals surface area contributed by atoms with Gasteiger partial charge in [0.25, 0.3) is 0 Å². The first kappa shape index (κ1) is 99.1. The van der Waals surface area contributed by atoms with Crippen molar-refractivity contribution in [3.63, 3.8) is 0 Å². The topological polar surface area (TPSA) is 237 Å². The number of ether oxygens (including phenoxy) is 4. The van der Waals surface area contributed by atoms with Crippen molar-refractivity contribution < 1.29 is 80.2 Å². The zero-order valence-electron chi connectivity index (χ0n) is 66.2. The maximum Gasteiger partial charge on any atom is 0.472 e. The third kappa shape index (κ3) is 74.7. The Morgan fingerprint density at radius 1 is 0.287 bits per heavy atom. The van der Waals surface area contributed by atoms with E-state index in [-0.39, 0.29) is 25.7 Å². The van der Waals surface area contributed by atoms with Crippen molar-refractivity contribution in [2.75, 3.05) is 39.6 Å². The fourth-order valence-corrected chi connectivity index (χ4v) is 14.3. The molecule has 0 saturated carbocycles. The Morgan fingerprint density at radius 3 is 0.752 bits per heavy atom. The van der Waals surface area contributed by atoms with Crippen molar-refractivity contribution in [1.82, 2.24) is 0 Å². The number of unbranched alkanes of at least 4 members (excludes halogenated alkanes) is 50. The molecule has 101 heavy (non-hydrogen) atoms. The van der Waals surface area contributed by atoms with Crippen LogP contribution in [0, 0.1) is 11.8 Å². The number of phosphoric acid groups is 2. The van der Waals surface area contributed by atoms with Crippen LogP contribution in [0.15, 0.2) is 0 Å². The van der Waals surface area contributed by atoms with Gasteiger partial charge in [-0.05, 0) is 37.5 Å².